The molecule has 1 N–H and O–H groups in total. The van der Waals surface area contributed by atoms with Gasteiger partial charge < -0.3 is 15.0 Å². The van der Waals surface area contributed by atoms with Gasteiger partial charge in [-0.25, -0.2) is 4.98 Å². The summed E-state index contributed by atoms with van der Waals surface area (Å²) in [5.74, 6) is 0.326. The van der Waals surface area contributed by atoms with E-state index in [0.29, 0.717) is 18.0 Å². The third-order valence-corrected chi connectivity index (χ3v) is 2.68. The lowest BCUT2D eigenvalue weighted by Gasteiger charge is -2.18. The van der Waals surface area contributed by atoms with E-state index in [4.69, 9.17) is 4.74 Å². The number of carbonyl (C=O) groups excluding carboxylic acids is 1. The first-order valence-electron chi connectivity index (χ1n) is 5.71. The van der Waals surface area contributed by atoms with Crippen molar-refractivity contribution < 1.29 is 9.53 Å². The van der Waals surface area contributed by atoms with Gasteiger partial charge in [0.15, 0.2) is 0 Å². The molecule has 0 spiro atoms. The van der Waals surface area contributed by atoms with Crippen molar-refractivity contribution >= 4 is 5.91 Å². The molecule has 1 aliphatic heterocycles. The summed E-state index contributed by atoms with van der Waals surface area (Å²) in [6.07, 6.45) is 2.49. The Balaban J connectivity index is 2.09. The minimum absolute atomic E-state index is 0.0162. The predicted octanol–water partition coefficient (Wildman–Crippen LogP) is 0.524. The number of carbonyl (C=O) groups is 1. The van der Waals surface area contributed by atoms with Crippen LogP contribution in [0.1, 0.15) is 16.8 Å². The number of ether oxygens (including phenoxy) is 1. The highest BCUT2D eigenvalue weighted by atomic mass is 16.5. The zero-order valence-corrected chi connectivity index (χ0v) is 10.1. The fourth-order valence-corrected chi connectivity index (χ4v) is 1.72. The van der Waals surface area contributed by atoms with E-state index < -0.39 is 0 Å². The Hall–Kier alpha value is -1.62. The summed E-state index contributed by atoms with van der Waals surface area (Å²) in [4.78, 5) is 18.0. The molecule has 5 heteroatoms. The monoisotopic (exact) mass is 235 g/mol. The number of nitrogens with zero attached hydrogens (tertiary/aromatic N) is 2. The van der Waals surface area contributed by atoms with Gasteiger partial charge in [-0.05, 0) is 32.6 Å². The van der Waals surface area contributed by atoms with E-state index >= 15 is 0 Å². The molecule has 0 aliphatic carbocycles. The molecule has 1 aliphatic rings. The molecule has 0 bridgehead atoms. The van der Waals surface area contributed by atoms with Crippen LogP contribution in [0.2, 0.25) is 0 Å². The maximum atomic E-state index is 11.7. The second kappa shape index (κ2) is 5.14. The van der Waals surface area contributed by atoms with Gasteiger partial charge in [-0.2, -0.15) is 0 Å². The number of hydrogen-bond donors (Lipinski definition) is 1. The second-order valence-corrected chi connectivity index (χ2v) is 4.40. The van der Waals surface area contributed by atoms with Crippen molar-refractivity contribution in [1.82, 2.24) is 15.2 Å². The van der Waals surface area contributed by atoms with Gasteiger partial charge >= 0.3 is 0 Å². The lowest BCUT2D eigenvalue weighted by atomic mass is 10.2. The normalized spacial score (nSPS) is 19.2. The van der Waals surface area contributed by atoms with Crippen molar-refractivity contribution in [3.05, 3.63) is 23.9 Å². The number of amides is 1. The largest absolute Gasteiger partial charge is 0.472 e. The number of rotatable bonds is 3. The van der Waals surface area contributed by atoms with Crippen molar-refractivity contribution in [2.75, 3.05) is 27.2 Å². The fourth-order valence-electron chi connectivity index (χ4n) is 1.72. The number of hydrogen-bond acceptors (Lipinski definition) is 4. The first-order chi connectivity index (χ1) is 8.16. The molecule has 1 amide bonds. The topological polar surface area (TPSA) is 54.5 Å². The van der Waals surface area contributed by atoms with Crippen molar-refractivity contribution in [3.63, 3.8) is 0 Å². The van der Waals surface area contributed by atoms with Crippen LogP contribution in [0.4, 0.5) is 0 Å². The first kappa shape index (κ1) is 11.9. The Morgan fingerprint density at radius 3 is 3.18 bits per heavy atom. The average Bonchev–Trinajstić information content (AvgIpc) is 2.47. The van der Waals surface area contributed by atoms with Gasteiger partial charge in [-0.1, -0.05) is 0 Å². The van der Waals surface area contributed by atoms with Crippen LogP contribution < -0.4 is 10.1 Å². The van der Waals surface area contributed by atoms with Crippen LogP contribution in [0.15, 0.2) is 18.3 Å². The van der Waals surface area contributed by atoms with Crippen LogP contribution in [0.3, 0.4) is 0 Å². The van der Waals surface area contributed by atoms with E-state index in [9.17, 15) is 4.79 Å². The molecule has 0 radical (unpaired) electrons. The molecule has 0 saturated carbocycles. The highest BCUT2D eigenvalue weighted by Gasteiger charge is 2.22. The number of nitrogens with one attached hydrogen (secondary N) is 1. The highest BCUT2D eigenvalue weighted by molar-refractivity contribution is 5.96. The second-order valence-electron chi connectivity index (χ2n) is 4.40. The molecule has 92 valence electrons. The minimum atomic E-state index is -0.111. The van der Waals surface area contributed by atoms with Crippen LogP contribution in [0, 0.1) is 0 Å². The van der Waals surface area contributed by atoms with Crippen LogP contribution in [-0.2, 0) is 0 Å². The summed E-state index contributed by atoms with van der Waals surface area (Å²) in [5.41, 5.74) is 0.514. The summed E-state index contributed by atoms with van der Waals surface area (Å²) in [7, 11) is 4.03. The number of aromatic nitrogens is 1. The van der Waals surface area contributed by atoms with Gasteiger partial charge in [0.25, 0.3) is 5.91 Å². The Labute approximate surface area is 101 Å². The Morgan fingerprint density at radius 2 is 2.41 bits per heavy atom. The minimum Gasteiger partial charge on any atom is -0.472 e. The van der Waals surface area contributed by atoms with E-state index in [0.717, 1.165) is 13.0 Å². The third-order valence-electron chi connectivity index (χ3n) is 2.68. The van der Waals surface area contributed by atoms with Gasteiger partial charge in [0.05, 0.1) is 6.54 Å². The van der Waals surface area contributed by atoms with Crippen LogP contribution in [0.25, 0.3) is 0 Å². The fraction of sp³-hybridized carbons (Fsp3) is 0.500. The van der Waals surface area contributed by atoms with E-state index in [1.165, 1.54) is 0 Å². The lowest BCUT2D eigenvalue weighted by Crippen LogP contribution is -2.34. The predicted molar refractivity (Wildman–Crippen MR) is 64.2 cm³/mol. The number of fused-ring (bicyclic) bond motifs is 1. The summed E-state index contributed by atoms with van der Waals surface area (Å²) in [5, 5.41) is 2.85. The molecule has 1 unspecified atom stereocenters. The van der Waals surface area contributed by atoms with E-state index in [-0.39, 0.29) is 12.0 Å². The Morgan fingerprint density at radius 1 is 1.59 bits per heavy atom. The molecule has 1 atom stereocenters. The third kappa shape index (κ3) is 2.94. The van der Waals surface area contributed by atoms with Crippen molar-refractivity contribution in [3.8, 4) is 5.88 Å². The average molecular weight is 235 g/mol. The standard InChI is InChI=1S/C12H17N3O2/c1-15(2)7-5-9-8-14-11(16)10-4-3-6-13-12(10)17-9/h3-4,6,9H,5,7-8H2,1-2H3,(H,14,16). The lowest BCUT2D eigenvalue weighted by molar-refractivity contribution is 0.0948. The smallest absolute Gasteiger partial charge is 0.256 e. The van der Waals surface area contributed by atoms with Gasteiger partial charge in [-0.3, -0.25) is 4.79 Å². The van der Waals surface area contributed by atoms with Crippen LogP contribution in [-0.4, -0.2) is 49.1 Å². The molecule has 0 saturated heterocycles. The molecule has 0 aromatic carbocycles. The van der Waals surface area contributed by atoms with E-state index in [1.807, 2.05) is 14.1 Å². The molecule has 1 aromatic rings. The molecule has 0 fully saturated rings. The quantitative estimate of drug-likeness (QED) is 0.830. The molecule has 2 heterocycles. The van der Waals surface area contributed by atoms with Gasteiger partial charge in [0.1, 0.15) is 11.7 Å². The molecule has 5 nitrogen and oxygen atoms in total. The number of pyridine rings is 1. The van der Waals surface area contributed by atoms with Crippen LogP contribution in [0.5, 0.6) is 5.88 Å². The molecule has 17 heavy (non-hydrogen) atoms. The molecule has 1 aromatic heterocycles. The first-order valence-corrected chi connectivity index (χ1v) is 5.71. The Bertz CT molecular complexity index is 406. The molecule has 2 rings (SSSR count). The van der Waals surface area contributed by atoms with E-state index in [2.05, 4.69) is 15.2 Å². The van der Waals surface area contributed by atoms with Gasteiger partial charge in [0, 0.05) is 12.7 Å². The van der Waals surface area contributed by atoms with Gasteiger partial charge in [0.2, 0.25) is 5.88 Å². The molecular weight excluding hydrogens is 218 g/mol. The van der Waals surface area contributed by atoms with Gasteiger partial charge in [-0.15, -0.1) is 0 Å². The van der Waals surface area contributed by atoms with Crippen LogP contribution >= 0.6 is 0 Å². The summed E-state index contributed by atoms with van der Waals surface area (Å²) >= 11 is 0. The summed E-state index contributed by atoms with van der Waals surface area (Å²) in [6.45, 7) is 1.45. The summed E-state index contributed by atoms with van der Waals surface area (Å²) < 4.78 is 5.76. The zero-order chi connectivity index (χ0) is 12.3. The zero-order valence-electron chi connectivity index (χ0n) is 10.1. The summed E-state index contributed by atoms with van der Waals surface area (Å²) in [6, 6.07) is 3.47. The highest BCUT2D eigenvalue weighted by Crippen LogP contribution is 2.19. The molecular formula is C12H17N3O2. The Kier molecular flexibility index (Phi) is 3.58. The maximum Gasteiger partial charge on any atom is 0.256 e. The van der Waals surface area contributed by atoms with Crippen molar-refractivity contribution in [1.29, 1.82) is 0 Å². The van der Waals surface area contributed by atoms with Crippen molar-refractivity contribution in [2.45, 2.75) is 12.5 Å². The van der Waals surface area contributed by atoms with E-state index in [1.54, 1.807) is 18.3 Å². The maximum absolute atomic E-state index is 11.7. The van der Waals surface area contributed by atoms with Crippen molar-refractivity contribution in [2.24, 2.45) is 0 Å². The SMILES string of the molecule is CN(C)CCC1CNC(=O)c2cccnc2O1.